The van der Waals surface area contributed by atoms with Crippen LogP contribution in [0.5, 0.6) is 0 Å². The number of hydrogen-bond donors (Lipinski definition) is 1. The maximum Gasteiger partial charge on any atom is 0.397 e. The SMILES string of the molecule is NC(CC(=O)N1CC[C@H]2CN(C(=O)CC(F)(F)F)C[C@H]21)Cc1cc(F)c(F)cc1F. The number of carbonyl (C=O) groups is 2. The Labute approximate surface area is 168 Å². The molecule has 1 aromatic carbocycles. The average molecular weight is 437 g/mol. The number of nitrogens with two attached hydrogens (primary N) is 1. The van der Waals surface area contributed by atoms with E-state index in [0.29, 0.717) is 25.1 Å². The molecular weight excluding hydrogens is 416 g/mol. The molecule has 2 aliphatic heterocycles. The molecule has 5 nitrogen and oxygen atoms in total. The number of carbonyl (C=O) groups excluding carboxylic acids is 2. The van der Waals surface area contributed by atoms with E-state index >= 15 is 0 Å². The molecule has 3 rings (SSSR count). The fourth-order valence-electron chi connectivity index (χ4n) is 4.17. The van der Waals surface area contributed by atoms with Gasteiger partial charge >= 0.3 is 6.18 Å². The first-order valence-corrected chi connectivity index (χ1v) is 9.47. The van der Waals surface area contributed by atoms with Gasteiger partial charge in [-0.15, -0.1) is 0 Å². The van der Waals surface area contributed by atoms with Gasteiger partial charge in [0.1, 0.15) is 12.2 Å². The lowest BCUT2D eigenvalue weighted by Crippen LogP contribution is -2.43. The fraction of sp³-hybridized carbons (Fsp3) is 0.579. The summed E-state index contributed by atoms with van der Waals surface area (Å²) >= 11 is 0. The van der Waals surface area contributed by atoms with Crippen molar-refractivity contribution >= 4 is 11.8 Å². The molecule has 0 radical (unpaired) electrons. The molecule has 0 aliphatic carbocycles. The maximum absolute atomic E-state index is 13.8. The Morgan fingerprint density at radius 3 is 2.40 bits per heavy atom. The van der Waals surface area contributed by atoms with Crippen LogP contribution in [0.25, 0.3) is 0 Å². The van der Waals surface area contributed by atoms with E-state index in [9.17, 15) is 35.9 Å². The molecule has 2 fully saturated rings. The number of fused-ring (bicyclic) bond motifs is 1. The summed E-state index contributed by atoms with van der Waals surface area (Å²) < 4.78 is 77.5. The van der Waals surface area contributed by atoms with Crippen LogP contribution in [-0.2, 0) is 16.0 Å². The molecule has 2 amide bonds. The highest BCUT2D eigenvalue weighted by atomic mass is 19.4. The van der Waals surface area contributed by atoms with Gasteiger partial charge in [-0.25, -0.2) is 13.2 Å². The molecule has 2 N–H and O–H groups in total. The zero-order valence-electron chi connectivity index (χ0n) is 15.9. The topological polar surface area (TPSA) is 66.6 Å². The monoisotopic (exact) mass is 437 g/mol. The second-order valence-corrected chi connectivity index (χ2v) is 7.82. The minimum absolute atomic E-state index is 0.0262. The summed E-state index contributed by atoms with van der Waals surface area (Å²) in [6.07, 6.45) is -5.96. The first-order valence-electron chi connectivity index (χ1n) is 9.47. The van der Waals surface area contributed by atoms with Crippen LogP contribution >= 0.6 is 0 Å². The molecule has 0 bridgehead atoms. The number of hydrogen-bond acceptors (Lipinski definition) is 3. The standard InChI is InChI=1S/C19H21F6N3O2/c20-13-6-15(22)14(21)4-11(13)3-12(26)5-17(29)28-2-1-10-8-27(9-16(10)28)18(30)7-19(23,24)25/h4,6,10,12,16H,1-3,5,7-9,26H2/t10-,12?,16+/m0/s1. The predicted molar refractivity (Wildman–Crippen MR) is 93.5 cm³/mol. The highest BCUT2D eigenvalue weighted by molar-refractivity contribution is 5.79. The van der Waals surface area contributed by atoms with Crippen LogP contribution in [0, 0.1) is 23.4 Å². The third-order valence-electron chi connectivity index (χ3n) is 5.58. The Balaban J connectivity index is 1.57. The van der Waals surface area contributed by atoms with E-state index in [0.717, 1.165) is 4.90 Å². The third kappa shape index (κ3) is 5.05. The second kappa shape index (κ2) is 8.44. The largest absolute Gasteiger partial charge is 0.397 e. The van der Waals surface area contributed by atoms with E-state index in [4.69, 9.17) is 5.73 Å². The average Bonchev–Trinajstić information content (AvgIpc) is 3.18. The van der Waals surface area contributed by atoms with Crippen LogP contribution in [0.4, 0.5) is 26.3 Å². The molecule has 166 valence electrons. The molecule has 0 aromatic heterocycles. The summed E-state index contributed by atoms with van der Waals surface area (Å²) in [5.74, 6) is -5.01. The summed E-state index contributed by atoms with van der Waals surface area (Å²) in [4.78, 5) is 27.1. The number of benzene rings is 1. The van der Waals surface area contributed by atoms with E-state index in [1.54, 1.807) is 0 Å². The van der Waals surface area contributed by atoms with Crippen LogP contribution < -0.4 is 5.73 Å². The third-order valence-corrected chi connectivity index (χ3v) is 5.58. The van der Waals surface area contributed by atoms with Crippen LogP contribution in [0.1, 0.15) is 24.8 Å². The van der Waals surface area contributed by atoms with Gasteiger partial charge in [0.2, 0.25) is 11.8 Å². The Morgan fingerprint density at radius 2 is 1.73 bits per heavy atom. The van der Waals surface area contributed by atoms with Crippen molar-refractivity contribution in [2.75, 3.05) is 19.6 Å². The van der Waals surface area contributed by atoms with Gasteiger partial charge in [0.25, 0.3) is 0 Å². The molecule has 2 saturated heterocycles. The number of likely N-dealkylation sites (tertiary alicyclic amines) is 2. The minimum Gasteiger partial charge on any atom is -0.340 e. The highest BCUT2D eigenvalue weighted by Crippen LogP contribution is 2.33. The predicted octanol–water partition coefficient (Wildman–Crippen LogP) is 2.38. The van der Waals surface area contributed by atoms with E-state index in [1.165, 1.54) is 4.90 Å². The number of rotatable bonds is 5. The first kappa shape index (κ1) is 22.4. The van der Waals surface area contributed by atoms with Crippen molar-refractivity contribution in [2.24, 2.45) is 11.7 Å². The lowest BCUT2D eigenvalue weighted by atomic mass is 10.0. The fourth-order valence-corrected chi connectivity index (χ4v) is 4.17. The summed E-state index contributed by atoms with van der Waals surface area (Å²) in [5, 5.41) is 0. The lowest BCUT2D eigenvalue weighted by molar-refractivity contribution is -0.161. The van der Waals surface area contributed by atoms with Gasteiger partial charge in [0, 0.05) is 44.1 Å². The molecule has 2 heterocycles. The van der Waals surface area contributed by atoms with Crippen molar-refractivity contribution in [1.82, 2.24) is 9.80 Å². The van der Waals surface area contributed by atoms with E-state index in [2.05, 4.69) is 0 Å². The van der Waals surface area contributed by atoms with Gasteiger partial charge in [-0.3, -0.25) is 9.59 Å². The van der Waals surface area contributed by atoms with Crippen LogP contribution in [0.3, 0.4) is 0 Å². The van der Waals surface area contributed by atoms with Gasteiger partial charge in [0.15, 0.2) is 11.6 Å². The van der Waals surface area contributed by atoms with Gasteiger partial charge in [-0.1, -0.05) is 0 Å². The van der Waals surface area contributed by atoms with Crippen molar-refractivity contribution in [1.29, 1.82) is 0 Å². The Bertz CT molecular complexity index is 831. The number of halogens is 6. The number of alkyl halides is 3. The lowest BCUT2D eigenvalue weighted by Gasteiger charge is -2.26. The molecule has 11 heteroatoms. The molecule has 3 atom stereocenters. The smallest absolute Gasteiger partial charge is 0.340 e. The normalized spacial score (nSPS) is 22.4. The Kier molecular flexibility index (Phi) is 6.30. The summed E-state index contributed by atoms with van der Waals surface area (Å²) in [7, 11) is 0. The van der Waals surface area contributed by atoms with Crippen molar-refractivity contribution in [2.45, 2.75) is 43.9 Å². The molecule has 1 unspecified atom stereocenters. The van der Waals surface area contributed by atoms with Crippen LogP contribution in [0.15, 0.2) is 12.1 Å². The zero-order chi connectivity index (χ0) is 22.2. The molecular formula is C19H21F6N3O2. The van der Waals surface area contributed by atoms with Crippen molar-refractivity contribution in [3.63, 3.8) is 0 Å². The van der Waals surface area contributed by atoms with Crippen molar-refractivity contribution < 1.29 is 35.9 Å². The van der Waals surface area contributed by atoms with E-state index in [-0.39, 0.29) is 49.4 Å². The zero-order valence-corrected chi connectivity index (χ0v) is 15.9. The van der Waals surface area contributed by atoms with Crippen molar-refractivity contribution in [3.8, 4) is 0 Å². The van der Waals surface area contributed by atoms with Gasteiger partial charge in [-0.05, 0) is 24.5 Å². The molecule has 30 heavy (non-hydrogen) atoms. The quantitative estimate of drug-likeness (QED) is 0.568. The van der Waals surface area contributed by atoms with Gasteiger partial charge in [-0.2, -0.15) is 13.2 Å². The van der Waals surface area contributed by atoms with Gasteiger partial charge < -0.3 is 15.5 Å². The molecule has 0 saturated carbocycles. The van der Waals surface area contributed by atoms with Gasteiger partial charge in [0.05, 0.1) is 6.04 Å². The van der Waals surface area contributed by atoms with Crippen LogP contribution in [0.2, 0.25) is 0 Å². The Hall–Kier alpha value is -2.30. The van der Waals surface area contributed by atoms with E-state index < -0.39 is 42.0 Å². The van der Waals surface area contributed by atoms with Crippen LogP contribution in [-0.4, -0.2) is 59.5 Å². The minimum atomic E-state index is -4.59. The van der Waals surface area contributed by atoms with Crippen molar-refractivity contribution in [3.05, 3.63) is 35.1 Å². The van der Waals surface area contributed by atoms with E-state index in [1.807, 2.05) is 0 Å². The molecule has 0 spiro atoms. The summed E-state index contributed by atoms with van der Waals surface area (Å²) in [5.41, 5.74) is 5.74. The first-order chi connectivity index (χ1) is 13.9. The number of nitrogens with zero attached hydrogens (tertiary/aromatic N) is 2. The number of amides is 2. The maximum atomic E-state index is 13.8. The molecule has 2 aliphatic rings. The summed E-state index contributed by atoms with van der Waals surface area (Å²) in [6, 6.07) is -0.140. The second-order valence-electron chi connectivity index (χ2n) is 7.82. The Morgan fingerprint density at radius 1 is 1.07 bits per heavy atom. The molecule has 1 aromatic rings. The summed E-state index contributed by atoms with van der Waals surface area (Å²) in [6.45, 7) is 0.579. The highest BCUT2D eigenvalue weighted by Gasteiger charge is 2.46.